The van der Waals surface area contributed by atoms with E-state index in [1.165, 1.54) is 14.0 Å². The van der Waals surface area contributed by atoms with Gasteiger partial charge in [-0.2, -0.15) is 0 Å². The molecule has 1 aromatic carbocycles. The third-order valence-corrected chi connectivity index (χ3v) is 5.52. The smallest absolute Gasteiger partial charge is 0.277 e. The molecule has 0 unspecified atom stereocenters. The van der Waals surface area contributed by atoms with E-state index in [2.05, 4.69) is 4.98 Å². The van der Waals surface area contributed by atoms with Crippen molar-refractivity contribution in [3.05, 3.63) is 44.9 Å². The Bertz CT molecular complexity index is 894. The minimum Gasteiger partial charge on any atom is -0.378 e. The van der Waals surface area contributed by atoms with Gasteiger partial charge in [0.05, 0.1) is 12.3 Å². The number of aryl methyl sites for hydroxylation is 2. The van der Waals surface area contributed by atoms with Gasteiger partial charge in [-0.25, -0.2) is 26.9 Å². The van der Waals surface area contributed by atoms with E-state index in [1.54, 1.807) is 11.6 Å². The summed E-state index contributed by atoms with van der Waals surface area (Å²) in [4.78, 5) is 15.5. The van der Waals surface area contributed by atoms with Gasteiger partial charge in [0.25, 0.3) is 15.9 Å². The quantitative estimate of drug-likeness (QED) is 0.866. The molecule has 0 fully saturated rings. The lowest BCUT2D eigenvalue weighted by Gasteiger charge is -2.08. The summed E-state index contributed by atoms with van der Waals surface area (Å²) in [7, 11) is -3.03. The number of benzene rings is 1. The topological polar surface area (TPSA) is 85.4 Å². The van der Waals surface area contributed by atoms with Crippen LogP contribution in [0.3, 0.4) is 0 Å². The zero-order chi connectivity index (χ0) is 18.1. The van der Waals surface area contributed by atoms with E-state index >= 15 is 0 Å². The number of aromatic nitrogens is 1. The van der Waals surface area contributed by atoms with Crippen molar-refractivity contribution in [2.45, 2.75) is 25.3 Å². The first kappa shape index (κ1) is 18.4. The molecular weight excluding hydrogens is 362 g/mol. The van der Waals surface area contributed by atoms with Gasteiger partial charge in [0.2, 0.25) is 0 Å². The molecule has 24 heavy (non-hydrogen) atoms. The zero-order valence-corrected chi connectivity index (χ0v) is 14.6. The number of amides is 1. The number of halogens is 2. The van der Waals surface area contributed by atoms with Crippen molar-refractivity contribution in [2.24, 2.45) is 0 Å². The third kappa shape index (κ3) is 3.77. The number of sulfonamides is 1. The highest BCUT2D eigenvalue weighted by molar-refractivity contribution is 7.90. The van der Waals surface area contributed by atoms with E-state index in [-0.39, 0.29) is 17.0 Å². The Kier molecular flexibility index (Phi) is 5.31. The predicted molar refractivity (Wildman–Crippen MR) is 83.3 cm³/mol. The van der Waals surface area contributed by atoms with Gasteiger partial charge in [0.1, 0.15) is 26.4 Å². The maximum Gasteiger partial charge on any atom is 0.277 e. The van der Waals surface area contributed by atoms with E-state index in [0.29, 0.717) is 16.8 Å². The van der Waals surface area contributed by atoms with Crippen molar-refractivity contribution >= 4 is 27.3 Å². The average molecular weight is 376 g/mol. The highest BCUT2D eigenvalue weighted by Crippen LogP contribution is 2.22. The van der Waals surface area contributed by atoms with Gasteiger partial charge in [-0.1, -0.05) is 0 Å². The summed E-state index contributed by atoms with van der Waals surface area (Å²) in [6.07, 6.45) is 0. The number of ether oxygens (including phenoxy) is 1. The van der Waals surface area contributed by atoms with Gasteiger partial charge < -0.3 is 4.74 Å². The Morgan fingerprint density at radius 3 is 2.58 bits per heavy atom. The number of hydrogen-bond acceptors (Lipinski definition) is 6. The lowest BCUT2D eigenvalue weighted by atomic mass is 10.2. The molecule has 0 aliphatic rings. The average Bonchev–Trinajstić information content (AvgIpc) is 2.83. The van der Waals surface area contributed by atoms with Crippen molar-refractivity contribution in [1.82, 2.24) is 9.71 Å². The number of carbonyl (C=O) groups is 1. The minimum atomic E-state index is -4.49. The summed E-state index contributed by atoms with van der Waals surface area (Å²) in [5.74, 6) is -3.09. The standard InChI is InChI=1S/C14H14F2N2O4S2/c1-7-4-11(10(16)5-9(7)15)24(20,21)18-14(19)13-8(2)17-12(23-13)6-22-3/h4-5H,6H2,1-3H3,(H,18,19). The van der Waals surface area contributed by atoms with E-state index in [4.69, 9.17) is 4.74 Å². The molecule has 0 aliphatic heterocycles. The summed E-state index contributed by atoms with van der Waals surface area (Å²) in [6, 6.07) is 1.29. The number of hydrogen-bond donors (Lipinski definition) is 1. The molecule has 0 radical (unpaired) electrons. The summed E-state index contributed by atoms with van der Waals surface area (Å²) < 4.78 is 58.1. The molecule has 0 saturated carbocycles. The maximum absolute atomic E-state index is 13.8. The molecule has 0 saturated heterocycles. The van der Waals surface area contributed by atoms with Crippen LogP contribution in [0.4, 0.5) is 8.78 Å². The van der Waals surface area contributed by atoms with Gasteiger partial charge in [0.15, 0.2) is 0 Å². The van der Waals surface area contributed by atoms with E-state index < -0.39 is 32.5 Å². The molecule has 6 nitrogen and oxygen atoms in total. The predicted octanol–water partition coefficient (Wildman–Crippen LogP) is 2.30. The molecule has 2 rings (SSSR count). The first-order valence-electron chi connectivity index (χ1n) is 6.63. The van der Waals surface area contributed by atoms with Crippen molar-refractivity contribution < 1.29 is 26.7 Å². The number of rotatable bonds is 5. The van der Waals surface area contributed by atoms with Gasteiger partial charge in [-0.05, 0) is 25.5 Å². The summed E-state index contributed by atoms with van der Waals surface area (Å²) >= 11 is 0.972. The number of nitrogens with one attached hydrogen (secondary N) is 1. The lowest BCUT2D eigenvalue weighted by molar-refractivity contribution is 0.0984. The lowest BCUT2D eigenvalue weighted by Crippen LogP contribution is -2.31. The van der Waals surface area contributed by atoms with Gasteiger partial charge in [-0.15, -0.1) is 11.3 Å². The molecular formula is C14H14F2N2O4S2. The highest BCUT2D eigenvalue weighted by Gasteiger charge is 2.26. The molecule has 1 amide bonds. The summed E-state index contributed by atoms with van der Waals surface area (Å²) in [5.41, 5.74) is 0.274. The van der Waals surface area contributed by atoms with Crippen molar-refractivity contribution in [1.29, 1.82) is 0 Å². The molecule has 1 N–H and O–H groups in total. The number of carbonyl (C=O) groups excluding carboxylic acids is 1. The van der Waals surface area contributed by atoms with Gasteiger partial charge in [-0.3, -0.25) is 4.79 Å². The molecule has 1 heterocycles. The highest BCUT2D eigenvalue weighted by atomic mass is 32.2. The van der Waals surface area contributed by atoms with Crippen LogP contribution in [-0.2, 0) is 21.4 Å². The second kappa shape index (κ2) is 6.91. The van der Waals surface area contributed by atoms with Crippen LogP contribution < -0.4 is 4.72 Å². The third-order valence-electron chi connectivity index (χ3n) is 3.04. The number of nitrogens with zero attached hydrogens (tertiary/aromatic N) is 1. The van der Waals surface area contributed by atoms with Crippen molar-refractivity contribution in [2.75, 3.05) is 7.11 Å². The fourth-order valence-corrected chi connectivity index (χ4v) is 4.01. The molecule has 0 bridgehead atoms. The van der Waals surface area contributed by atoms with Crippen LogP contribution >= 0.6 is 11.3 Å². The second-order valence-corrected chi connectivity index (χ2v) is 7.66. The fraction of sp³-hybridized carbons (Fsp3) is 0.286. The molecule has 0 aliphatic carbocycles. The van der Waals surface area contributed by atoms with Gasteiger partial charge >= 0.3 is 0 Å². The first-order chi connectivity index (χ1) is 11.2. The van der Waals surface area contributed by atoms with E-state index in [9.17, 15) is 22.0 Å². The fourth-order valence-electron chi connectivity index (χ4n) is 1.91. The Morgan fingerprint density at radius 1 is 1.29 bits per heavy atom. The Balaban J connectivity index is 2.32. The monoisotopic (exact) mass is 376 g/mol. The van der Waals surface area contributed by atoms with Gasteiger partial charge in [0, 0.05) is 13.2 Å². The Morgan fingerprint density at radius 2 is 1.96 bits per heavy atom. The van der Waals surface area contributed by atoms with Crippen LogP contribution in [-0.4, -0.2) is 26.4 Å². The van der Waals surface area contributed by atoms with Crippen molar-refractivity contribution in [3.63, 3.8) is 0 Å². The van der Waals surface area contributed by atoms with Crippen LogP contribution in [0.15, 0.2) is 17.0 Å². The zero-order valence-electron chi connectivity index (χ0n) is 13.0. The first-order valence-corrected chi connectivity index (χ1v) is 8.93. The Hall–Kier alpha value is -1.91. The van der Waals surface area contributed by atoms with E-state index in [0.717, 1.165) is 17.4 Å². The molecule has 2 aromatic rings. The van der Waals surface area contributed by atoms with Crippen LogP contribution in [0.2, 0.25) is 0 Å². The summed E-state index contributed by atoms with van der Waals surface area (Å²) in [5, 5.41) is 0.501. The molecule has 0 atom stereocenters. The maximum atomic E-state index is 13.8. The minimum absolute atomic E-state index is 0.0550. The largest absolute Gasteiger partial charge is 0.378 e. The van der Waals surface area contributed by atoms with Crippen molar-refractivity contribution in [3.8, 4) is 0 Å². The second-order valence-electron chi connectivity index (χ2n) is 4.92. The van der Waals surface area contributed by atoms with Crippen LogP contribution in [0, 0.1) is 25.5 Å². The normalized spacial score (nSPS) is 11.5. The molecule has 1 aromatic heterocycles. The molecule has 0 spiro atoms. The SMILES string of the molecule is COCc1nc(C)c(C(=O)NS(=O)(=O)c2cc(C)c(F)cc2F)s1. The summed E-state index contributed by atoms with van der Waals surface area (Å²) in [6.45, 7) is 3.01. The number of thiazole rings is 1. The van der Waals surface area contributed by atoms with Crippen LogP contribution in [0.25, 0.3) is 0 Å². The Labute approximate surface area is 141 Å². The molecule has 10 heteroatoms. The van der Waals surface area contributed by atoms with E-state index in [1.807, 2.05) is 0 Å². The van der Waals surface area contributed by atoms with Crippen LogP contribution in [0.5, 0.6) is 0 Å². The van der Waals surface area contributed by atoms with Crippen LogP contribution in [0.1, 0.15) is 25.9 Å². The number of methoxy groups -OCH3 is 1. The molecule has 130 valence electrons.